The van der Waals surface area contributed by atoms with Gasteiger partial charge in [0.1, 0.15) is 0 Å². The zero-order valence-corrected chi connectivity index (χ0v) is 31.7. The molecule has 0 amide bonds. The average molecular weight is 809 g/mol. The summed E-state index contributed by atoms with van der Waals surface area (Å²) in [5, 5.41) is 12.3. The van der Waals surface area contributed by atoms with Crippen molar-refractivity contribution in [1.82, 2.24) is 9.97 Å². The molecule has 0 radical (unpaired) electrons. The number of rotatable bonds is 10. The Hall–Kier alpha value is -3.47. The average Bonchev–Trinajstić information content (AvgIpc) is 3.08. The summed E-state index contributed by atoms with van der Waals surface area (Å²) in [7, 11) is 0. The Balaban J connectivity index is 0.000000297. The molecule has 0 aliphatic carbocycles. The molecule has 2 heterocycles. The second kappa shape index (κ2) is 18.0. The van der Waals surface area contributed by atoms with Crippen LogP contribution < -0.4 is 0 Å². The largest absolute Gasteiger partial charge is 3.00 e. The number of nitrogens with zero attached hydrogens (tertiary/aromatic N) is 4. The quantitative estimate of drug-likeness (QED) is 0.102. The molecule has 4 aromatic carbocycles. The van der Waals surface area contributed by atoms with Gasteiger partial charge in [0.05, 0.1) is 0 Å². The standard InChI is InChI=1S/C31H41N3.C13H8N.Lu/c1-20(2)26-14-10-15-27(21(3)4)30(26)32-18-24-12-9-13-25(34-24)19-33-31-28(22(5)6)16-11-17-29(31)23(7)8;1-3-7-12-10(5-1)9-11-6-2-4-8-13(11)14-12;/h9-17,20-23H,18-19H2,1-8H3;1-8H;/q-2;-1;+3. The number of para-hydroxylation sites is 4. The molecule has 0 bridgehead atoms. The molecule has 260 valence electrons. The Morgan fingerprint density at radius 1 is 0.449 bits per heavy atom. The number of hydrogen-bond acceptors (Lipinski definition) is 2. The molecular formula is C44H49LuN4. The summed E-state index contributed by atoms with van der Waals surface area (Å²) in [6, 6.07) is 38.8. The van der Waals surface area contributed by atoms with Crippen molar-refractivity contribution >= 4 is 33.2 Å². The normalized spacial score (nSPS) is 11.2. The minimum atomic E-state index is 0. The van der Waals surface area contributed by atoms with Crippen molar-refractivity contribution in [3.63, 3.8) is 0 Å². The van der Waals surface area contributed by atoms with Crippen LogP contribution in [0.5, 0.6) is 0 Å². The Bertz CT molecular complexity index is 1720. The van der Waals surface area contributed by atoms with Gasteiger partial charge in [0, 0.05) is 11.4 Å². The van der Waals surface area contributed by atoms with Gasteiger partial charge in [-0.05, 0) is 46.8 Å². The third-order valence-corrected chi connectivity index (χ3v) is 8.67. The molecule has 0 saturated carbocycles. The first kappa shape index (κ1) is 38.3. The van der Waals surface area contributed by atoms with E-state index in [0.717, 1.165) is 44.6 Å². The molecule has 0 aliphatic heterocycles. The van der Waals surface area contributed by atoms with Crippen molar-refractivity contribution in [2.75, 3.05) is 0 Å². The molecule has 0 unspecified atom stereocenters. The minimum absolute atomic E-state index is 0. The fourth-order valence-corrected chi connectivity index (χ4v) is 6.04. The Labute approximate surface area is 323 Å². The summed E-state index contributed by atoms with van der Waals surface area (Å²) in [6.07, 6.45) is 0. The van der Waals surface area contributed by atoms with Crippen LogP contribution in [0, 0.1) is 42.9 Å². The molecule has 0 N–H and O–H groups in total. The van der Waals surface area contributed by atoms with Gasteiger partial charge >= 0.3 is 36.9 Å². The van der Waals surface area contributed by atoms with E-state index in [1.165, 1.54) is 22.3 Å². The van der Waals surface area contributed by atoms with Crippen molar-refractivity contribution in [3.05, 3.63) is 153 Å². The first-order valence-corrected chi connectivity index (χ1v) is 17.3. The van der Waals surface area contributed by atoms with Gasteiger partial charge < -0.3 is 15.6 Å². The number of aromatic nitrogens is 2. The number of benzene rings is 4. The van der Waals surface area contributed by atoms with Gasteiger partial charge in [0.25, 0.3) is 0 Å². The molecule has 6 rings (SSSR count). The molecule has 0 aliphatic rings. The summed E-state index contributed by atoms with van der Waals surface area (Å²) >= 11 is 0. The van der Waals surface area contributed by atoms with Gasteiger partial charge in [-0.1, -0.05) is 180 Å². The van der Waals surface area contributed by atoms with Gasteiger partial charge in [-0.3, -0.25) is 4.98 Å². The fraction of sp³-hybridized carbons (Fsp3) is 0.318. The molecule has 0 spiro atoms. The molecule has 4 nitrogen and oxygen atoms in total. The van der Waals surface area contributed by atoms with Gasteiger partial charge in [-0.15, -0.1) is 29.6 Å². The topological polar surface area (TPSA) is 54.0 Å². The monoisotopic (exact) mass is 808 g/mol. The number of hydrogen-bond donors (Lipinski definition) is 0. The molecule has 0 saturated heterocycles. The summed E-state index contributed by atoms with van der Waals surface area (Å²) in [5.41, 5.74) is 11.5. The predicted octanol–water partition coefficient (Wildman–Crippen LogP) is 13.2. The smallest absolute Gasteiger partial charge is 0.679 e. The van der Waals surface area contributed by atoms with Crippen molar-refractivity contribution in [2.45, 2.75) is 92.2 Å². The van der Waals surface area contributed by atoms with E-state index in [0.29, 0.717) is 36.8 Å². The van der Waals surface area contributed by atoms with Crippen LogP contribution in [0.1, 0.15) is 113 Å². The number of pyridine rings is 2. The van der Waals surface area contributed by atoms with Crippen molar-refractivity contribution < 1.29 is 36.9 Å². The number of fused-ring (bicyclic) bond motifs is 2. The third kappa shape index (κ3) is 9.83. The molecule has 0 fully saturated rings. The second-order valence-electron chi connectivity index (χ2n) is 13.7. The predicted molar refractivity (Wildman–Crippen MR) is 205 cm³/mol. The van der Waals surface area contributed by atoms with E-state index in [4.69, 9.17) is 15.6 Å². The maximum atomic E-state index is 5.06. The maximum Gasteiger partial charge on any atom is 3.00 e. The first-order valence-electron chi connectivity index (χ1n) is 17.3. The Morgan fingerprint density at radius 3 is 1.16 bits per heavy atom. The zero-order chi connectivity index (χ0) is 34.2. The molecule has 2 aromatic heterocycles. The molecular weight excluding hydrogens is 759 g/mol. The summed E-state index contributed by atoms with van der Waals surface area (Å²) in [6.45, 7) is 19.0. The van der Waals surface area contributed by atoms with E-state index in [1.807, 2.05) is 48.5 Å². The van der Waals surface area contributed by atoms with Crippen molar-refractivity contribution in [2.24, 2.45) is 0 Å². The van der Waals surface area contributed by atoms with Crippen LogP contribution in [-0.2, 0) is 13.1 Å². The van der Waals surface area contributed by atoms with Crippen LogP contribution in [0.4, 0.5) is 11.4 Å². The van der Waals surface area contributed by atoms with Crippen LogP contribution in [0.15, 0.2) is 103 Å². The van der Waals surface area contributed by atoms with Crippen LogP contribution in [0.2, 0.25) is 0 Å². The molecule has 5 heteroatoms. The second-order valence-corrected chi connectivity index (χ2v) is 13.7. The molecule has 6 aromatic rings. The van der Waals surface area contributed by atoms with Crippen molar-refractivity contribution in [1.29, 1.82) is 0 Å². The Kier molecular flexibility index (Phi) is 14.1. The van der Waals surface area contributed by atoms with E-state index < -0.39 is 0 Å². The summed E-state index contributed by atoms with van der Waals surface area (Å²) in [4.78, 5) is 9.46. The van der Waals surface area contributed by atoms with Crippen molar-refractivity contribution in [3.8, 4) is 0 Å². The minimum Gasteiger partial charge on any atom is -0.679 e. The molecule has 49 heavy (non-hydrogen) atoms. The summed E-state index contributed by atoms with van der Waals surface area (Å²) in [5.74, 6) is 1.75. The third-order valence-electron chi connectivity index (χ3n) is 8.67. The van der Waals surface area contributed by atoms with Crippen LogP contribution in [0.25, 0.3) is 32.4 Å². The van der Waals surface area contributed by atoms with E-state index in [9.17, 15) is 0 Å². The maximum absolute atomic E-state index is 5.06. The first-order chi connectivity index (χ1) is 23.1. The Morgan fingerprint density at radius 2 is 0.796 bits per heavy atom. The fourth-order valence-electron chi connectivity index (χ4n) is 6.04. The van der Waals surface area contributed by atoms with E-state index in [1.54, 1.807) is 0 Å². The van der Waals surface area contributed by atoms with Crippen LogP contribution >= 0.6 is 0 Å². The van der Waals surface area contributed by atoms with Gasteiger partial charge in [0.15, 0.2) is 0 Å². The van der Waals surface area contributed by atoms with E-state index in [-0.39, 0.29) is 36.9 Å². The molecule has 0 atom stereocenters. The van der Waals surface area contributed by atoms with E-state index in [2.05, 4.69) is 121 Å². The van der Waals surface area contributed by atoms with Crippen LogP contribution in [0.3, 0.4) is 0 Å². The summed E-state index contributed by atoms with van der Waals surface area (Å²) < 4.78 is 0. The van der Waals surface area contributed by atoms with Gasteiger partial charge in [-0.25, -0.2) is 0 Å². The SMILES string of the molecule is CC(C)c1cccc(C(C)C)c1[N-]Cc1cccc(C[N-]c2c(C(C)C)cccc2C(C)C)n1.[Lu+3].[c-]1c2ccccc2nc2ccccc12. The zero-order valence-electron chi connectivity index (χ0n) is 30.1. The van der Waals surface area contributed by atoms with Crippen LogP contribution in [-0.4, -0.2) is 9.97 Å². The van der Waals surface area contributed by atoms with Gasteiger partial charge in [0.2, 0.25) is 0 Å². The van der Waals surface area contributed by atoms with E-state index >= 15 is 0 Å². The van der Waals surface area contributed by atoms with Gasteiger partial charge in [-0.2, -0.15) is 0 Å².